The zero-order chi connectivity index (χ0) is 23.3. The maximum absolute atomic E-state index is 13.7. The second kappa shape index (κ2) is 9.92. The molecule has 0 aliphatic carbocycles. The Morgan fingerprint density at radius 2 is 1.36 bits per heavy atom. The van der Waals surface area contributed by atoms with E-state index in [0.717, 1.165) is 22.8 Å². The van der Waals surface area contributed by atoms with Gasteiger partial charge >= 0.3 is 6.18 Å². The van der Waals surface area contributed by atoms with Crippen molar-refractivity contribution < 1.29 is 18.0 Å². The van der Waals surface area contributed by atoms with E-state index < -0.39 is 11.7 Å². The molecule has 0 saturated carbocycles. The highest BCUT2D eigenvalue weighted by molar-refractivity contribution is 6.31. The molecular weight excluding hydrogens is 447 g/mol. The van der Waals surface area contributed by atoms with E-state index in [1.165, 1.54) is 12.1 Å². The Bertz CT molecular complexity index is 1240. The van der Waals surface area contributed by atoms with Crippen LogP contribution in [0.5, 0.6) is 0 Å². The highest BCUT2D eigenvalue weighted by Gasteiger charge is 2.35. The smallest absolute Gasteiger partial charge is 0.390 e. The minimum absolute atomic E-state index is 0.0614. The van der Waals surface area contributed by atoms with Crippen molar-refractivity contribution in [3.8, 4) is 11.1 Å². The summed E-state index contributed by atoms with van der Waals surface area (Å²) in [5.41, 5.74) is 2.58. The Hall–Kier alpha value is -3.57. The van der Waals surface area contributed by atoms with Gasteiger partial charge in [-0.05, 0) is 34.9 Å². The monoisotopic (exact) mass is 465 g/mol. The van der Waals surface area contributed by atoms with Crippen LogP contribution in [0.3, 0.4) is 0 Å². The Morgan fingerprint density at radius 3 is 2.00 bits per heavy atom. The molecule has 0 N–H and O–H groups in total. The third kappa shape index (κ3) is 5.62. The van der Waals surface area contributed by atoms with Crippen LogP contribution in [-0.4, -0.2) is 5.71 Å². The van der Waals surface area contributed by atoms with Gasteiger partial charge in [0.05, 0.1) is 5.56 Å². The lowest BCUT2D eigenvalue weighted by atomic mass is 9.97. The summed E-state index contributed by atoms with van der Waals surface area (Å²) in [6.07, 6.45) is -4.57. The summed E-state index contributed by atoms with van der Waals surface area (Å²) < 4.78 is 41.0. The van der Waals surface area contributed by atoms with Crippen LogP contribution in [-0.2, 0) is 17.6 Å². The van der Waals surface area contributed by atoms with Crippen molar-refractivity contribution in [1.82, 2.24) is 0 Å². The van der Waals surface area contributed by atoms with E-state index in [1.54, 1.807) is 30.3 Å². The van der Waals surface area contributed by atoms with Gasteiger partial charge in [0.1, 0.15) is 12.3 Å². The third-order valence-electron chi connectivity index (χ3n) is 5.04. The number of oxime groups is 1. The van der Waals surface area contributed by atoms with Crippen LogP contribution in [0.25, 0.3) is 11.1 Å². The lowest BCUT2D eigenvalue weighted by molar-refractivity contribution is -0.137. The van der Waals surface area contributed by atoms with Gasteiger partial charge in [0.15, 0.2) is 0 Å². The Labute approximate surface area is 194 Å². The van der Waals surface area contributed by atoms with Crippen LogP contribution >= 0.6 is 11.6 Å². The van der Waals surface area contributed by atoms with E-state index in [-0.39, 0.29) is 22.9 Å². The summed E-state index contributed by atoms with van der Waals surface area (Å²) in [7, 11) is 0. The molecule has 4 aromatic carbocycles. The van der Waals surface area contributed by atoms with Gasteiger partial charge in [-0.3, -0.25) is 0 Å². The molecule has 0 saturated heterocycles. The van der Waals surface area contributed by atoms with Crippen molar-refractivity contribution in [2.24, 2.45) is 5.16 Å². The topological polar surface area (TPSA) is 21.6 Å². The maximum Gasteiger partial charge on any atom is 0.417 e. The molecule has 0 unspecified atom stereocenters. The van der Waals surface area contributed by atoms with Crippen molar-refractivity contribution in [2.45, 2.75) is 12.8 Å². The van der Waals surface area contributed by atoms with E-state index >= 15 is 0 Å². The van der Waals surface area contributed by atoms with Gasteiger partial charge in [0.25, 0.3) is 0 Å². The molecule has 166 valence electrons. The molecule has 0 aliphatic rings. The molecule has 2 nitrogen and oxygen atoms in total. The molecule has 0 heterocycles. The van der Waals surface area contributed by atoms with Gasteiger partial charge in [-0.1, -0.05) is 102 Å². The average Bonchev–Trinajstić information content (AvgIpc) is 2.82. The van der Waals surface area contributed by atoms with Crippen molar-refractivity contribution in [2.75, 3.05) is 0 Å². The maximum atomic E-state index is 13.7. The van der Waals surface area contributed by atoms with Crippen LogP contribution in [0, 0.1) is 0 Å². The first-order chi connectivity index (χ1) is 15.9. The molecule has 0 fully saturated rings. The first kappa shape index (κ1) is 22.6. The van der Waals surface area contributed by atoms with Gasteiger partial charge in [0, 0.05) is 16.1 Å². The largest absolute Gasteiger partial charge is 0.417 e. The predicted molar refractivity (Wildman–Crippen MR) is 125 cm³/mol. The molecule has 0 spiro atoms. The van der Waals surface area contributed by atoms with Crippen LogP contribution in [0.2, 0.25) is 5.02 Å². The number of benzene rings is 4. The first-order valence-corrected chi connectivity index (χ1v) is 10.6. The highest BCUT2D eigenvalue weighted by atomic mass is 35.5. The van der Waals surface area contributed by atoms with Gasteiger partial charge < -0.3 is 4.84 Å². The van der Waals surface area contributed by atoms with Crippen molar-refractivity contribution in [3.05, 3.63) is 130 Å². The summed E-state index contributed by atoms with van der Waals surface area (Å²) in [6, 6.07) is 29.7. The number of nitrogens with zero attached hydrogens (tertiary/aromatic N) is 1. The van der Waals surface area contributed by atoms with Crippen molar-refractivity contribution >= 4 is 17.3 Å². The lowest BCUT2D eigenvalue weighted by Crippen LogP contribution is -2.15. The minimum Gasteiger partial charge on any atom is -0.390 e. The molecule has 4 aromatic rings. The minimum atomic E-state index is -4.57. The van der Waals surface area contributed by atoms with Crippen LogP contribution in [0.1, 0.15) is 22.3 Å². The van der Waals surface area contributed by atoms with E-state index in [2.05, 4.69) is 5.16 Å². The van der Waals surface area contributed by atoms with Crippen LogP contribution in [0.4, 0.5) is 13.2 Å². The van der Waals surface area contributed by atoms with E-state index in [1.807, 2.05) is 54.6 Å². The molecule has 0 aliphatic heterocycles. The molecule has 0 amide bonds. The lowest BCUT2D eigenvalue weighted by Gasteiger charge is -2.15. The summed E-state index contributed by atoms with van der Waals surface area (Å²) in [5.74, 6) is 0. The zero-order valence-electron chi connectivity index (χ0n) is 17.4. The number of hydrogen-bond donors (Lipinski definition) is 0. The SMILES string of the molecule is FC(F)(F)c1ccc(Cl)cc1/C(=N/OCc1ccc(-c2ccccc2)cc1)c1ccccc1. The van der Waals surface area contributed by atoms with Crippen molar-refractivity contribution in [3.63, 3.8) is 0 Å². The predicted octanol–water partition coefficient (Wildman–Crippen LogP) is 8.00. The summed E-state index contributed by atoms with van der Waals surface area (Å²) in [5, 5.41) is 4.29. The third-order valence-corrected chi connectivity index (χ3v) is 5.27. The Balaban J connectivity index is 1.62. The Morgan fingerprint density at radius 1 is 0.758 bits per heavy atom. The standard InChI is InChI=1S/C27H19ClF3NO/c28-23-15-16-25(27(29,30)31)24(17-23)26(22-9-5-2-6-10-22)32-33-18-19-11-13-21(14-12-19)20-7-3-1-4-8-20/h1-17H,18H2/b32-26+. The quantitative estimate of drug-likeness (QED) is 0.209. The second-order valence-corrected chi connectivity index (χ2v) is 7.77. The number of rotatable bonds is 6. The number of hydrogen-bond acceptors (Lipinski definition) is 2. The molecule has 0 bridgehead atoms. The fraction of sp³-hybridized carbons (Fsp3) is 0.0741. The van der Waals surface area contributed by atoms with Gasteiger partial charge in [-0.25, -0.2) is 0 Å². The molecule has 0 atom stereocenters. The summed E-state index contributed by atoms with van der Waals surface area (Å²) >= 11 is 6.03. The number of alkyl halides is 3. The normalized spacial score (nSPS) is 11.9. The highest BCUT2D eigenvalue weighted by Crippen LogP contribution is 2.34. The molecule has 6 heteroatoms. The van der Waals surface area contributed by atoms with Gasteiger partial charge in [0.2, 0.25) is 0 Å². The zero-order valence-corrected chi connectivity index (χ0v) is 18.1. The fourth-order valence-corrected chi connectivity index (χ4v) is 3.58. The fourth-order valence-electron chi connectivity index (χ4n) is 3.41. The molecule has 4 rings (SSSR count). The summed E-state index contributed by atoms with van der Waals surface area (Å²) in [4.78, 5) is 5.52. The van der Waals surface area contributed by atoms with Gasteiger partial charge in [-0.15, -0.1) is 0 Å². The molecular formula is C27H19ClF3NO. The van der Waals surface area contributed by atoms with E-state index in [9.17, 15) is 13.2 Å². The average molecular weight is 466 g/mol. The first-order valence-electron chi connectivity index (χ1n) is 10.2. The Kier molecular flexibility index (Phi) is 6.80. The van der Waals surface area contributed by atoms with Gasteiger partial charge in [-0.2, -0.15) is 13.2 Å². The number of halogens is 4. The van der Waals surface area contributed by atoms with E-state index in [0.29, 0.717) is 5.56 Å². The molecule has 33 heavy (non-hydrogen) atoms. The second-order valence-electron chi connectivity index (χ2n) is 7.33. The molecule has 0 radical (unpaired) electrons. The summed E-state index contributed by atoms with van der Waals surface area (Å²) in [6.45, 7) is 0.104. The van der Waals surface area contributed by atoms with Crippen LogP contribution in [0.15, 0.2) is 108 Å². The molecule has 0 aromatic heterocycles. The van der Waals surface area contributed by atoms with Crippen LogP contribution < -0.4 is 0 Å². The van der Waals surface area contributed by atoms with Crippen molar-refractivity contribution in [1.29, 1.82) is 0 Å². The van der Waals surface area contributed by atoms with E-state index in [4.69, 9.17) is 16.4 Å².